The van der Waals surface area contributed by atoms with Crippen LogP contribution in [0.2, 0.25) is 0 Å². The number of aromatic nitrogens is 4. The number of H-pyrrole nitrogens is 1. The van der Waals surface area contributed by atoms with E-state index in [0.717, 1.165) is 0 Å². The van der Waals surface area contributed by atoms with Crippen LogP contribution in [0, 0.1) is 13.8 Å². The molecule has 0 aliphatic heterocycles. The maximum atomic E-state index is 11.9. The van der Waals surface area contributed by atoms with Gasteiger partial charge in [0.1, 0.15) is 5.82 Å². The van der Waals surface area contributed by atoms with E-state index in [1.54, 1.807) is 25.6 Å². The van der Waals surface area contributed by atoms with E-state index in [2.05, 4.69) is 25.4 Å². The highest BCUT2D eigenvalue weighted by molar-refractivity contribution is 7.97. The first-order chi connectivity index (χ1) is 10.5. The molecule has 0 radical (unpaired) electrons. The molecule has 2 aromatic heterocycles. The zero-order valence-electron chi connectivity index (χ0n) is 12.6. The maximum Gasteiger partial charge on any atom is 0.254 e. The monoisotopic (exact) mass is 323 g/mol. The molecule has 8 nitrogen and oxygen atoms in total. The van der Waals surface area contributed by atoms with Crippen molar-refractivity contribution < 1.29 is 9.32 Å². The van der Waals surface area contributed by atoms with Gasteiger partial charge in [0.25, 0.3) is 5.56 Å². The van der Waals surface area contributed by atoms with Crippen molar-refractivity contribution in [2.75, 3.05) is 6.26 Å². The molecule has 0 unspecified atom stereocenters. The van der Waals surface area contributed by atoms with Crippen molar-refractivity contribution in [1.82, 2.24) is 25.4 Å². The van der Waals surface area contributed by atoms with E-state index in [9.17, 15) is 9.59 Å². The van der Waals surface area contributed by atoms with Crippen molar-refractivity contribution in [2.24, 2.45) is 0 Å². The number of carbonyl (C=O) groups excluding carboxylic acids is 1. The fraction of sp³-hybridized carbons (Fsp3) is 0.462. The third-order valence-electron chi connectivity index (χ3n) is 2.90. The molecule has 118 valence electrons. The average molecular weight is 323 g/mol. The molecule has 1 amide bonds. The number of amides is 1. The highest BCUT2D eigenvalue weighted by atomic mass is 32.2. The lowest BCUT2D eigenvalue weighted by Gasteiger charge is -2.05. The summed E-state index contributed by atoms with van der Waals surface area (Å²) < 4.78 is 5.01. The third-order valence-corrected chi connectivity index (χ3v) is 3.45. The van der Waals surface area contributed by atoms with Crippen LogP contribution in [0.1, 0.15) is 28.8 Å². The molecule has 0 saturated heterocycles. The highest BCUT2D eigenvalue weighted by Crippen LogP contribution is 2.05. The van der Waals surface area contributed by atoms with Gasteiger partial charge in [0.15, 0.2) is 5.82 Å². The van der Waals surface area contributed by atoms with E-state index >= 15 is 0 Å². The molecule has 2 N–H and O–H groups in total. The van der Waals surface area contributed by atoms with Gasteiger partial charge in [0.2, 0.25) is 11.8 Å². The van der Waals surface area contributed by atoms with Gasteiger partial charge in [-0.15, -0.1) is 0 Å². The van der Waals surface area contributed by atoms with E-state index in [4.69, 9.17) is 4.52 Å². The second-order valence-corrected chi connectivity index (χ2v) is 5.57. The van der Waals surface area contributed by atoms with Crippen LogP contribution in [-0.4, -0.2) is 32.3 Å². The number of rotatable bonds is 6. The van der Waals surface area contributed by atoms with Crippen LogP contribution in [0.15, 0.2) is 9.32 Å². The first kappa shape index (κ1) is 16.2. The van der Waals surface area contributed by atoms with Gasteiger partial charge in [-0.1, -0.05) is 5.16 Å². The first-order valence-corrected chi connectivity index (χ1v) is 8.02. The molecule has 22 heavy (non-hydrogen) atoms. The number of nitrogens with one attached hydrogen (secondary N) is 2. The van der Waals surface area contributed by atoms with E-state index in [1.165, 1.54) is 0 Å². The largest absolute Gasteiger partial charge is 0.347 e. The molecule has 0 bridgehead atoms. The maximum absolute atomic E-state index is 11.9. The quantitative estimate of drug-likeness (QED) is 0.795. The summed E-state index contributed by atoms with van der Waals surface area (Å²) in [7, 11) is 0. The molecule has 0 spiro atoms. The predicted octanol–water partition coefficient (Wildman–Crippen LogP) is 0.492. The van der Waals surface area contributed by atoms with Gasteiger partial charge in [-0.2, -0.15) is 16.7 Å². The number of hydrogen-bond donors (Lipinski definition) is 2. The molecular weight excluding hydrogens is 306 g/mol. The number of aromatic amines is 1. The van der Waals surface area contributed by atoms with E-state index < -0.39 is 0 Å². The van der Waals surface area contributed by atoms with Gasteiger partial charge in [-0.3, -0.25) is 9.59 Å². The lowest BCUT2D eigenvalue weighted by molar-refractivity contribution is -0.120. The molecule has 9 heteroatoms. The Kier molecular flexibility index (Phi) is 5.31. The van der Waals surface area contributed by atoms with Crippen LogP contribution in [0.3, 0.4) is 0 Å². The second kappa shape index (κ2) is 7.21. The summed E-state index contributed by atoms with van der Waals surface area (Å²) in [6.07, 6.45) is 1.90. The van der Waals surface area contributed by atoms with Gasteiger partial charge >= 0.3 is 0 Å². The van der Waals surface area contributed by atoms with Crippen molar-refractivity contribution in [1.29, 1.82) is 0 Å². The van der Waals surface area contributed by atoms with Gasteiger partial charge in [-0.25, -0.2) is 4.98 Å². The van der Waals surface area contributed by atoms with Crippen molar-refractivity contribution in [3.63, 3.8) is 0 Å². The van der Waals surface area contributed by atoms with E-state index in [1.807, 2.05) is 6.26 Å². The Morgan fingerprint density at radius 2 is 2.14 bits per heavy atom. The fourth-order valence-electron chi connectivity index (χ4n) is 1.91. The van der Waals surface area contributed by atoms with Crippen LogP contribution < -0.4 is 10.9 Å². The summed E-state index contributed by atoms with van der Waals surface area (Å²) in [4.78, 5) is 34.6. The van der Waals surface area contributed by atoms with Crippen LogP contribution in [0.4, 0.5) is 0 Å². The Labute approximate surface area is 131 Å². The zero-order valence-corrected chi connectivity index (χ0v) is 13.4. The summed E-state index contributed by atoms with van der Waals surface area (Å²) >= 11 is 1.58. The summed E-state index contributed by atoms with van der Waals surface area (Å²) in [5.74, 6) is 1.81. The minimum Gasteiger partial charge on any atom is -0.347 e. The molecule has 0 aromatic carbocycles. The molecular formula is C13H17N5O3S. The normalized spacial score (nSPS) is 10.7. The second-order valence-electron chi connectivity index (χ2n) is 4.71. The minimum absolute atomic E-state index is 0.0414. The number of carbonyl (C=O) groups is 1. The van der Waals surface area contributed by atoms with Gasteiger partial charge in [0, 0.05) is 11.3 Å². The molecule has 2 aromatic rings. The van der Waals surface area contributed by atoms with Crippen molar-refractivity contribution in [2.45, 2.75) is 32.6 Å². The van der Waals surface area contributed by atoms with Gasteiger partial charge in [0.05, 0.1) is 18.7 Å². The molecule has 2 heterocycles. The van der Waals surface area contributed by atoms with Gasteiger partial charge in [-0.05, 0) is 20.1 Å². The number of thioether (sulfide) groups is 1. The molecule has 0 fully saturated rings. The Bertz CT molecular complexity index is 725. The standard InChI is InChI=1S/C13H17N5O3S/c1-7-9(13(20)16-8(2)15-7)4-11(19)14-5-12-17-10(6-22-3)18-21-12/h4-6H2,1-3H3,(H,14,19)(H,15,16,20). The molecule has 0 aliphatic rings. The molecule has 0 aliphatic carbocycles. The average Bonchev–Trinajstić information content (AvgIpc) is 2.89. The molecule has 2 rings (SSSR count). The van der Waals surface area contributed by atoms with E-state index in [-0.39, 0.29) is 24.4 Å². The Morgan fingerprint density at radius 3 is 2.82 bits per heavy atom. The molecule has 0 saturated carbocycles. The number of aryl methyl sites for hydroxylation is 2. The predicted molar refractivity (Wildman–Crippen MR) is 81.4 cm³/mol. The van der Waals surface area contributed by atoms with Crippen molar-refractivity contribution in [3.05, 3.63) is 39.2 Å². The number of hydrogen-bond acceptors (Lipinski definition) is 7. The first-order valence-electron chi connectivity index (χ1n) is 6.63. The fourth-order valence-corrected chi connectivity index (χ4v) is 2.28. The van der Waals surface area contributed by atoms with Crippen molar-refractivity contribution in [3.8, 4) is 0 Å². The lowest BCUT2D eigenvalue weighted by Crippen LogP contribution is -2.29. The van der Waals surface area contributed by atoms with Crippen LogP contribution >= 0.6 is 11.8 Å². The summed E-state index contributed by atoms with van der Waals surface area (Å²) in [6.45, 7) is 3.54. The van der Waals surface area contributed by atoms with Crippen LogP contribution in [-0.2, 0) is 23.5 Å². The Balaban J connectivity index is 1.94. The summed E-state index contributed by atoms with van der Waals surface area (Å²) in [5.41, 5.74) is 0.619. The third kappa shape index (κ3) is 4.17. The van der Waals surface area contributed by atoms with Gasteiger partial charge < -0.3 is 14.8 Å². The molecule has 0 atom stereocenters. The number of nitrogens with zero attached hydrogens (tertiary/aromatic N) is 3. The minimum atomic E-state index is -0.302. The van der Waals surface area contributed by atoms with Crippen molar-refractivity contribution >= 4 is 17.7 Å². The smallest absolute Gasteiger partial charge is 0.254 e. The van der Waals surface area contributed by atoms with Crippen LogP contribution in [0.5, 0.6) is 0 Å². The topological polar surface area (TPSA) is 114 Å². The SMILES string of the molecule is CSCc1noc(CNC(=O)Cc2c(C)nc(C)[nH]c2=O)n1. The summed E-state index contributed by atoms with van der Waals surface area (Å²) in [6, 6.07) is 0. The Morgan fingerprint density at radius 1 is 1.36 bits per heavy atom. The zero-order chi connectivity index (χ0) is 16.1. The highest BCUT2D eigenvalue weighted by Gasteiger charge is 2.13. The van der Waals surface area contributed by atoms with Crippen LogP contribution in [0.25, 0.3) is 0 Å². The van der Waals surface area contributed by atoms with E-state index in [0.29, 0.717) is 34.5 Å². The Hall–Kier alpha value is -2.16. The lowest BCUT2D eigenvalue weighted by atomic mass is 10.1. The summed E-state index contributed by atoms with van der Waals surface area (Å²) in [5, 5.41) is 6.43.